The van der Waals surface area contributed by atoms with Gasteiger partial charge in [0.15, 0.2) is 0 Å². The molecule has 2 aliphatic rings. The number of nitrogens with zero attached hydrogens (tertiary/aromatic N) is 3. The fraction of sp³-hybridized carbons (Fsp3) is 0.438. The summed E-state index contributed by atoms with van der Waals surface area (Å²) in [6, 6.07) is 4.01. The van der Waals surface area contributed by atoms with Gasteiger partial charge in [-0.15, -0.1) is 0 Å². The zero-order valence-corrected chi connectivity index (χ0v) is 11.8. The summed E-state index contributed by atoms with van der Waals surface area (Å²) >= 11 is 0. The van der Waals surface area contributed by atoms with Crippen LogP contribution in [0.1, 0.15) is 31.0 Å². The molecule has 0 spiro atoms. The maximum absolute atomic E-state index is 12.6. The number of carbonyl (C=O) groups excluding carboxylic acids is 1. The van der Waals surface area contributed by atoms with Crippen molar-refractivity contribution < 1.29 is 4.79 Å². The lowest BCUT2D eigenvalue weighted by Gasteiger charge is -2.23. The van der Waals surface area contributed by atoms with Gasteiger partial charge in [0.1, 0.15) is 5.78 Å². The Hall–Kier alpha value is -2.01. The lowest BCUT2D eigenvalue weighted by atomic mass is 9.89. The van der Waals surface area contributed by atoms with E-state index in [1.54, 1.807) is 6.20 Å². The quantitative estimate of drug-likeness (QED) is 0.932. The first kappa shape index (κ1) is 12.7. The van der Waals surface area contributed by atoms with Crippen molar-refractivity contribution in [3.63, 3.8) is 0 Å². The molecule has 5 nitrogen and oxygen atoms in total. The molecular weight excluding hydrogens is 264 g/mol. The Balaban J connectivity index is 1.62. The van der Waals surface area contributed by atoms with Crippen molar-refractivity contribution in [2.75, 3.05) is 13.1 Å². The van der Waals surface area contributed by atoms with Gasteiger partial charge in [-0.25, -0.2) is 4.98 Å². The van der Waals surface area contributed by atoms with Crippen molar-refractivity contribution in [3.8, 4) is 11.3 Å². The molecule has 0 radical (unpaired) electrons. The van der Waals surface area contributed by atoms with Crippen molar-refractivity contribution >= 4 is 5.78 Å². The summed E-state index contributed by atoms with van der Waals surface area (Å²) in [5, 5.41) is 3.31. The third-order valence-electron chi connectivity index (χ3n) is 4.62. The number of pyridine rings is 1. The number of fused-ring (bicyclic) bond motifs is 3. The molecule has 1 N–H and O–H groups in total. The van der Waals surface area contributed by atoms with Gasteiger partial charge in [-0.1, -0.05) is 0 Å². The number of aromatic nitrogens is 3. The highest BCUT2D eigenvalue weighted by atomic mass is 16.1. The number of rotatable bonds is 3. The molecule has 2 aromatic heterocycles. The molecular formula is C16H18N4O. The molecule has 0 aromatic carbocycles. The van der Waals surface area contributed by atoms with Crippen molar-refractivity contribution in [2.45, 2.75) is 25.3 Å². The zero-order valence-electron chi connectivity index (χ0n) is 11.8. The zero-order chi connectivity index (χ0) is 14.2. The Labute approximate surface area is 123 Å². The lowest BCUT2D eigenvalue weighted by molar-refractivity contribution is -0.124. The van der Waals surface area contributed by atoms with E-state index in [-0.39, 0.29) is 12.0 Å². The van der Waals surface area contributed by atoms with E-state index in [9.17, 15) is 4.79 Å². The van der Waals surface area contributed by atoms with E-state index >= 15 is 0 Å². The standard InChI is InChI=1S/C16H18N4O/c21-15(11-3-6-17-7-4-11)8-13-16-12(2-1-5-19-16)14-9-18-10-20(13)14/h1-2,5,9-11,13,17H,3-4,6-8H2/t13-/m0/s1. The molecule has 21 heavy (non-hydrogen) atoms. The van der Waals surface area contributed by atoms with Crippen LogP contribution in [0.25, 0.3) is 11.3 Å². The number of imidazole rings is 1. The third-order valence-corrected chi connectivity index (χ3v) is 4.62. The van der Waals surface area contributed by atoms with E-state index in [0.717, 1.165) is 42.9 Å². The monoisotopic (exact) mass is 282 g/mol. The molecule has 0 saturated carbocycles. The molecule has 1 fully saturated rings. The Kier molecular flexibility index (Phi) is 3.07. The number of piperidine rings is 1. The number of nitrogens with one attached hydrogen (secondary N) is 1. The second-order valence-corrected chi connectivity index (χ2v) is 5.83. The van der Waals surface area contributed by atoms with Crippen LogP contribution in [0.15, 0.2) is 30.9 Å². The predicted octanol–water partition coefficient (Wildman–Crippen LogP) is 1.81. The molecule has 0 amide bonds. The van der Waals surface area contributed by atoms with Gasteiger partial charge in [-0.3, -0.25) is 9.78 Å². The van der Waals surface area contributed by atoms with Crippen LogP contribution in [0.2, 0.25) is 0 Å². The molecule has 1 saturated heterocycles. The van der Waals surface area contributed by atoms with Crippen molar-refractivity contribution in [3.05, 3.63) is 36.5 Å². The summed E-state index contributed by atoms with van der Waals surface area (Å²) in [5.41, 5.74) is 3.19. The van der Waals surface area contributed by atoms with Crippen LogP contribution in [0.4, 0.5) is 0 Å². The van der Waals surface area contributed by atoms with Crippen molar-refractivity contribution in [1.82, 2.24) is 19.9 Å². The Bertz CT molecular complexity index is 672. The number of carbonyl (C=O) groups is 1. The lowest BCUT2D eigenvalue weighted by Crippen LogP contribution is -2.32. The van der Waals surface area contributed by atoms with Crippen LogP contribution in [-0.4, -0.2) is 33.4 Å². The number of hydrogen-bond acceptors (Lipinski definition) is 4. The highest BCUT2D eigenvalue weighted by Gasteiger charge is 2.33. The van der Waals surface area contributed by atoms with E-state index in [4.69, 9.17) is 0 Å². The van der Waals surface area contributed by atoms with Gasteiger partial charge in [0.05, 0.1) is 30.0 Å². The largest absolute Gasteiger partial charge is 0.321 e. The van der Waals surface area contributed by atoms with Crippen LogP contribution in [0.3, 0.4) is 0 Å². The van der Waals surface area contributed by atoms with Crippen LogP contribution in [0, 0.1) is 5.92 Å². The second kappa shape index (κ2) is 5.07. The molecule has 2 aromatic rings. The van der Waals surface area contributed by atoms with Gasteiger partial charge < -0.3 is 9.88 Å². The Morgan fingerprint density at radius 2 is 2.24 bits per heavy atom. The van der Waals surface area contributed by atoms with Crippen LogP contribution in [-0.2, 0) is 4.79 Å². The normalized spacial score (nSPS) is 21.0. The topological polar surface area (TPSA) is 59.8 Å². The number of ketones is 1. The highest BCUT2D eigenvalue weighted by Crippen LogP contribution is 2.40. The van der Waals surface area contributed by atoms with Gasteiger partial charge in [0, 0.05) is 24.1 Å². The summed E-state index contributed by atoms with van der Waals surface area (Å²) in [6.07, 6.45) is 7.92. The maximum Gasteiger partial charge on any atom is 0.138 e. The summed E-state index contributed by atoms with van der Waals surface area (Å²) in [6.45, 7) is 1.90. The molecule has 5 heteroatoms. The molecule has 0 bridgehead atoms. The number of Topliss-reactive ketones (excluding diaryl/α,β-unsaturated/α-hetero) is 1. The van der Waals surface area contributed by atoms with Gasteiger partial charge in [0.25, 0.3) is 0 Å². The van der Waals surface area contributed by atoms with E-state index in [0.29, 0.717) is 12.2 Å². The van der Waals surface area contributed by atoms with E-state index in [1.807, 2.05) is 18.6 Å². The molecule has 108 valence electrons. The first-order valence-electron chi connectivity index (χ1n) is 7.55. The molecule has 4 rings (SSSR count). The predicted molar refractivity (Wildman–Crippen MR) is 78.8 cm³/mol. The molecule has 0 aliphatic carbocycles. The van der Waals surface area contributed by atoms with Crippen LogP contribution >= 0.6 is 0 Å². The third kappa shape index (κ3) is 2.08. The van der Waals surface area contributed by atoms with Gasteiger partial charge in [-0.2, -0.15) is 0 Å². The minimum Gasteiger partial charge on any atom is -0.321 e. The molecule has 4 heterocycles. The van der Waals surface area contributed by atoms with Gasteiger partial charge >= 0.3 is 0 Å². The SMILES string of the molecule is O=C(C[C@H]1c2ncccc2-c2cncn21)C1CCNCC1. The minimum absolute atomic E-state index is 0.0149. The van der Waals surface area contributed by atoms with Crippen LogP contribution < -0.4 is 5.32 Å². The second-order valence-electron chi connectivity index (χ2n) is 5.83. The average Bonchev–Trinajstić information content (AvgIpc) is 3.11. The summed E-state index contributed by atoms with van der Waals surface area (Å²) in [5.74, 6) is 0.561. The van der Waals surface area contributed by atoms with E-state index < -0.39 is 0 Å². The Morgan fingerprint density at radius 3 is 3.10 bits per heavy atom. The smallest absolute Gasteiger partial charge is 0.138 e. The van der Waals surface area contributed by atoms with E-state index in [2.05, 4.69) is 25.9 Å². The fourth-order valence-electron chi connectivity index (χ4n) is 3.49. The van der Waals surface area contributed by atoms with Crippen molar-refractivity contribution in [1.29, 1.82) is 0 Å². The average molecular weight is 282 g/mol. The molecule has 0 unspecified atom stereocenters. The highest BCUT2D eigenvalue weighted by molar-refractivity contribution is 5.83. The Morgan fingerprint density at radius 1 is 1.38 bits per heavy atom. The summed E-state index contributed by atoms with van der Waals surface area (Å²) < 4.78 is 2.09. The first-order chi connectivity index (χ1) is 10.3. The number of hydrogen-bond donors (Lipinski definition) is 1. The fourth-order valence-corrected chi connectivity index (χ4v) is 3.49. The van der Waals surface area contributed by atoms with Gasteiger partial charge in [-0.05, 0) is 38.1 Å². The van der Waals surface area contributed by atoms with Gasteiger partial charge in [0.2, 0.25) is 0 Å². The van der Waals surface area contributed by atoms with E-state index in [1.165, 1.54) is 0 Å². The van der Waals surface area contributed by atoms with Crippen LogP contribution in [0.5, 0.6) is 0 Å². The maximum atomic E-state index is 12.6. The minimum atomic E-state index is 0.0149. The first-order valence-corrected chi connectivity index (χ1v) is 7.55. The molecule has 1 atom stereocenters. The summed E-state index contributed by atoms with van der Waals surface area (Å²) in [4.78, 5) is 21.3. The molecule has 2 aliphatic heterocycles. The summed E-state index contributed by atoms with van der Waals surface area (Å²) in [7, 11) is 0. The van der Waals surface area contributed by atoms with Crippen molar-refractivity contribution in [2.24, 2.45) is 5.92 Å².